The lowest BCUT2D eigenvalue weighted by Gasteiger charge is -2.39. The molecule has 0 aliphatic carbocycles. The van der Waals surface area contributed by atoms with E-state index in [1.54, 1.807) is 12.1 Å². The summed E-state index contributed by atoms with van der Waals surface area (Å²) in [6.07, 6.45) is 2.02. The quantitative estimate of drug-likeness (QED) is 0.577. The summed E-state index contributed by atoms with van der Waals surface area (Å²) in [7, 11) is 0. The monoisotopic (exact) mass is 475 g/mol. The van der Waals surface area contributed by atoms with Gasteiger partial charge in [-0.05, 0) is 35.9 Å². The predicted molar refractivity (Wildman–Crippen MR) is 117 cm³/mol. The molecule has 156 valence electrons. The second-order valence-corrected chi connectivity index (χ2v) is 9.28. The Morgan fingerprint density at radius 1 is 1.07 bits per heavy atom. The number of likely N-dealkylation sites (tertiary alicyclic amines) is 1. The fourth-order valence-electron chi connectivity index (χ4n) is 4.00. The second-order valence-electron chi connectivity index (χ2n) is 7.65. The number of rotatable bonds is 5. The first kappa shape index (κ1) is 21.4. The van der Waals surface area contributed by atoms with Gasteiger partial charge < -0.3 is 19.5 Å². The van der Waals surface area contributed by atoms with Gasteiger partial charge in [-0.25, -0.2) is 0 Å². The lowest BCUT2D eigenvalue weighted by molar-refractivity contribution is -0.00194. The van der Waals surface area contributed by atoms with Crippen molar-refractivity contribution in [2.75, 3.05) is 26.2 Å². The summed E-state index contributed by atoms with van der Waals surface area (Å²) in [5.41, 5.74) is 1.02. The highest BCUT2D eigenvalue weighted by atomic mass is 35.5. The molecule has 2 aliphatic heterocycles. The Labute approximate surface area is 190 Å². The zero-order chi connectivity index (χ0) is 20.6. The molecule has 4 nitrogen and oxygen atoms in total. The van der Waals surface area contributed by atoms with E-state index in [1.165, 1.54) is 5.56 Å². The van der Waals surface area contributed by atoms with Crippen LogP contribution in [0.25, 0.3) is 0 Å². The number of aliphatic hydroxyl groups excluding tert-OH is 1. The Bertz CT molecular complexity index is 900. The Kier molecular flexibility index (Phi) is 6.41. The molecule has 1 N–H and O–H groups in total. The summed E-state index contributed by atoms with van der Waals surface area (Å²) in [5, 5.41) is 12.1. The van der Waals surface area contributed by atoms with Crippen LogP contribution < -0.4 is 9.47 Å². The molecule has 8 heteroatoms. The number of halogens is 4. The van der Waals surface area contributed by atoms with Crippen LogP contribution in [-0.4, -0.2) is 48.0 Å². The van der Waals surface area contributed by atoms with Gasteiger partial charge in [-0.2, -0.15) is 0 Å². The summed E-state index contributed by atoms with van der Waals surface area (Å²) in [6.45, 7) is 2.28. The van der Waals surface area contributed by atoms with Crippen LogP contribution in [0.5, 0.6) is 11.5 Å². The average molecular weight is 477 g/mol. The fourth-order valence-corrected chi connectivity index (χ4v) is 4.82. The average Bonchev–Trinajstić information content (AvgIpc) is 3.04. The van der Waals surface area contributed by atoms with Gasteiger partial charge in [0, 0.05) is 43.9 Å². The number of ether oxygens (including phenoxy) is 2. The number of fused-ring (bicyclic) bond motifs is 1. The van der Waals surface area contributed by atoms with Crippen LogP contribution in [0, 0.1) is 0 Å². The van der Waals surface area contributed by atoms with E-state index in [9.17, 15) is 5.11 Å². The van der Waals surface area contributed by atoms with Gasteiger partial charge >= 0.3 is 0 Å². The topological polar surface area (TPSA) is 41.9 Å². The normalized spacial score (nSPS) is 19.1. The van der Waals surface area contributed by atoms with Crippen molar-refractivity contribution in [3.05, 3.63) is 56.0 Å². The molecule has 1 fully saturated rings. The largest absolute Gasteiger partial charge is 0.488 e. The summed E-state index contributed by atoms with van der Waals surface area (Å²) >= 11 is 24.4. The van der Waals surface area contributed by atoms with Crippen LogP contribution in [0.1, 0.15) is 18.4 Å². The van der Waals surface area contributed by atoms with Gasteiger partial charge in [0.15, 0.2) is 5.75 Å². The third-order valence-corrected chi connectivity index (χ3v) is 6.84. The molecule has 0 radical (unpaired) electrons. The van der Waals surface area contributed by atoms with Gasteiger partial charge in [-0.3, -0.25) is 0 Å². The third-order valence-electron chi connectivity index (χ3n) is 5.52. The molecule has 0 unspecified atom stereocenters. The first-order chi connectivity index (χ1) is 13.8. The van der Waals surface area contributed by atoms with Crippen molar-refractivity contribution in [1.29, 1.82) is 0 Å². The van der Waals surface area contributed by atoms with Crippen molar-refractivity contribution in [3.8, 4) is 11.5 Å². The van der Waals surface area contributed by atoms with Gasteiger partial charge in [0.25, 0.3) is 0 Å². The lowest BCUT2D eigenvalue weighted by atomic mass is 9.87. The Morgan fingerprint density at radius 3 is 2.55 bits per heavy atom. The maximum absolute atomic E-state index is 10.4. The highest BCUT2D eigenvalue weighted by molar-refractivity contribution is 6.44. The van der Waals surface area contributed by atoms with Crippen LogP contribution in [0.3, 0.4) is 0 Å². The van der Waals surface area contributed by atoms with Crippen LogP contribution >= 0.6 is 46.4 Å². The Balaban J connectivity index is 1.28. The SMILES string of the molecule is O[C@H](COc1c(Cl)ccc(Cl)c1Cl)CN1CCC2(CC1)Cc1cc(Cl)ccc1O2. The van der Waals surface area contributed by atoms with Gasteiger partial charge in [-0.1, -0.05) is 46.4 Å². The number of hydrogen-bond donors (Lipinski definition) is 1. The number of nitrogens with zero attached hydrogens (tertiary/aromatic N) is 1. The minimum atomic E-state index is -0.671. The van der Waals surface area contributed by atoms with E-state index in [0.29, 0.717) is 22.3 Å². The van der Waals surface area contributed by atoms with Gasteiger partial charge in [-0.15, -0.1) is 0 Å². The summed E-state index contributed by atoms with van der Waals surface area (Å²) in [4.78, 5) is 2.22. The van der Waals surface area contributed by atoms with Gasteiger partial charge in [0.05, 0.1) is 10.0 Å². The summed E-state index contributed by atoms with van der Waals surface area (Å²) in [6, 6.07) is 9.03. The van der Waals surface area contributed by atoms with Crippen LogP contribution in [0.15, 0.2) is 30.3 Å². The first-order valence-corrected chi connectivity index (χ1v) is 11.0. The van der Waals surface area contributed by atoms with Crippen molar-refractivity contribution in [1.82, 2.24) is 4.90 Å². The molecule has 1 saturated heterocycles. The zero-order valence-electron chi connectivity index (χ0n) is 15.6. The zero-order valence-corrected chi connectivity index (χ0v) is 18.7. The Hall–Kier alpha value is -0.880. The van der Waals surface area contributed by atoms with E-state index < -0.39 is 6.10 Å². The maximum Gasteiger partial charge on any atom is 0.158 e. The minimum Gasteiger partial charge on any atom is -0.488 e. The third kappa shape index (κ3) is 4.73. The lowest BCUT2D eigenvalue weighted by Crippen LogP contribution is -2.49. The van der Waals surface area contributed by atoms with E-state index in [2.05, 4.69) is 4.90 Å². The van der Waals surface area contributed by atoms with Crippen molar-refractivity contribution in [3.63, 3.8) is 0 Å². The number of hydrogen-bond acceptors (Lipinski definition) is 4. The van der Waals surface area contributed by atoms with E-state index in [4.69, 9.17) is 55.9 Å². The molecule has 29 heavy (non-hydrogen) atoms. The highest BCUT2D eigenvalue weighted by Crippen LogP contribution is 2.42. The molecule has 2 aromatic rings. The van der Waals surface area contributed by atoms with Crippen LogP contribution in [0.2, 0.25) is 20.1 Å². The summed E-state index contributed by atoms with van der Waals surface area (Å²) < 4.78 is 11.9. The van der Waals surface area contributed by atoms with Crippen LogP contribution in [0.4, 0.5) is 0 Å². The molecule has 1 spiro atoms. The van der Waals surface area contributed by atoms with Gasteiger partial charge in [0.2, 0.25) is 0 Å². The number of piperidine rings is 1. The Morgan fingerprint density at radius 2 is 1.79 bits per heavy atom. The van der Waals surface area contributed by atoms with E-state index in [1.807, 2.05) is 18.2 Å². The van der Waals surface area contributed by atoms with Crippen LogP contribution in [-0.2, 0) is 6.42 Å². The minimum absolute atomic E-state index is 0.0852. The van der Waals surface area contributed by atoms with E-state index in [0.717, 1.165) is 43.1 Å². The fraction of sp³-hybridized carbons (Fsp3) is 0.429. The highest BCUT2D eigenvalue weighted by Gasteiger charge is 2.42. The molecule has 2 aromatic carbocycles. The van der Waals surface area contributed by atoms with E-state index >= 15 is 0 Å². The molecule has 2 heterocycles. The molecule has 0 saturated carbocycles. The molecule has 0 aromatic heterocycles. The first-order valence-electron chi connectivity index (χ1n) is 9.49. The van der Waals surface area contributed by atoms with Crippen molar-refractivity contribution in [2.24, 2.45) is 0 Å². The van der Waals surface area contributed by atoms with Crippen molar-refractivity contribution in [2.45, 2.75) is 31.0 Å². The van der Waals surface area contributed by atoms with Crippen molar-refractivity contribution >= 4 is 46.4 Å². The molecule has 0 amide bonds. The standard InChI is InChI=1S/C21H21Cl4NO3/c22-14-1-4-18-13(9-14)10-21(29-18)5-7-26(8-6-21)11-15(27)12-28-20-17(24)3-2-16(23)19(20)25/h1-4,9,15,27H,5-8,10-12H2/t15-/m0/s1. The molecular formula is C21H21Cl4NO3. The molecule has 2 aliphatic rings. The predicted octanol–water partition coefficient (Wildman–Crippen LogP) is 5.51. The maximum atomic E-state index is 10.4. The number of benzene rings is 2. The molecule has 0 bridgehead atoms. The van der Waals surface area contributed by atoms with Gasteiger partial charge in [0.1, 0.15) is 29.1 Å². The van der Waals surface area contributed by atoms with E-state index in [-0.39, 0.29) is 17.2 Å². The smallest absolute Gasteiger partial charge is 0.158 e. The number of β-amino-alcohol motifs (C(OH)–C–C–N with tert-alkyl or cyclic N) is 1. The molecular weight excluding hydrogens is 456 g/mol. The molecule has 4 rings (SSSR count). The summed E-state index contributed by atoms with van der Waals surface area (Å²) in [5.74, 6) is 1.24. The number of aliphatic hydroxyl groups is 1. The molecule has 1 atom stereocenters. The van der Waals surface area contributed by atoms with Crippen molar-refractivity contribution < 1.29 is 14.6 Å². The second kappa shape index (κ2) is 8.70.